The van der Waals surface area contributed by atoms with Crippen molar-refractivity contribution < 1.29 is 4.74 Å². The van der Waals surface area contributed by atoms with Crippen LogP contribution in [0.2, 0.25) is 0 Å². The van der Waals surface area contributed by atoms with Gasteiger partial charge in [0.15, 0.2) is 0 Å². The summed E-state index contributed by atoms with van der Waals surface area (Å²) in [6, 6.07) is 8.13. The fourth-order valence-corrected chi connectivity index (χ4v) is 3.37. The highest BCUT2D eigenvalue weighted by Crippen LogP contribution is 2.27. The summed E-state index contributed by atoms with van der Waals surface area (Å²) in [7, 11) is 0. The van der Waals surface area contributed by atoms with Gasteiger partial charge in [-0.25, -0.2) is 9.50 Å². The fraction of sp³-hybridized carbons (Fsp3) is 0.263. The van der Waals surface area contributed by atoms with Crippen molar-refractivity contribution in [2.24, 2.45) is 0 Å². The van der Waals surface area contributed by atoms with Crippen molar-refractivity contribution in [2.45, 2.75) is 18.9 Å². The molecule has 7 heteroatoms. The summed E-state index contributed by atoms with van der Waals surface area (Å²) >= 11 is 0. The van der Waals surface area contributed by atoms with Crippen molar-refractivity contribution in [3.05, 3.63) is 49.1 Å². The average Bonchev–Trinajstić information content (AvgIpc) is 3.35. The Bertz CT molecular complexity index is 1070. The second-order valence-electron chi connectivity index (χ2n) is 6.42. The van der Waals surface area contributed by atoms with Crippen LogP contribution in [-0.2, 0) is 4.74 Å². The second kappa shape index (κ2) is 6.34. The van der Waals surface area contributed by atoms with Gasteiger partial charge < -0.3 is 10.1 Å². The standard InChI is InChI=1S/C19H18N6O/c1-2-14(26-9-1)11-22-19-23-12-18-15(5-8-25(18)24-19)13-3-4-16-17(10-13)21-7-6-20-16/h3-8,10,12,14H,1-2,9,11H2,(H,22,24). The Kier molecular flexibility index (Phi) is 3.71. The van der Waals surface area contributed by atoms with Crippen LogP contribution in [0.3, 0.4) is 0 Å². The molecule has 26 heavy (non-hydrogen) atoms. The molecule has 1 N–H and O–H groups in total. The summed E-state index contributed by atoms with van der Waals surface area (Å²) in [6.45, 7) is 1.59. The molecule has 1 fully saturated rings. The molecule has 3 aromatic heterocycles. The number of nitrogens with one attached hydrogen (secondary N) is 1. The molecular weight excluding hydrogens is 328 g/mol. The van der Waals surface area contributed by atoms with E-state index in [1.54, 1.807) is 12.4 Å². The van der Waals surface area contributed by atoms with Crippen LogP contribution in [0.1, 0.15) is 12.8 Å². The number of ether oxygens (including phenoxy) is 1. The topological polar surface area (TPSA) is 77.2 Å². The zero-order valence-electron chi connectivity index (χ0n) is 14.2. The molecule has 0 radical (unpaired) electrons. The Morgan fingerprint density at radius 3 is 2.92 bits per heavy atom. The fourth-order valence-electron chi connectivity index (χ4n) is 3.37. The molecule has 1 unspecified atom stereocenters. The quantitative estimate of drug-likeness (QED) is 0.612. The van der Waals surface area contributed by atoms with E-state index in [2.05, 4.69) is 31.4 Å². The lowest BCUT2D eigenvalue weighted by Crippen LogP contribution is -2.20. The smallest absolute Gasteiger partial charge is 0.241 e. The zero-order chi connectivity index (χ0) is 17.3. The molecule has 0 aliphatic carbocycles. The average molecular weight is 346 g/mol. The van der Waals surface area contributed by atoms with E-state index in [1.807, 2.05) is 35.1 Å². The van der Waals surface area contributed by atoms with Crippen LogP contribution >= 0.6 is 0 Å². The molecule has 1 aromatic carbocycles. The summed E-state index contributed by atoms with van der Waals surface area (Å²) in [5.41, 5.74) is 4.86. The first-order valence-corrected chi connectivity index (χ1v) is 8.78. The van der Waals surface area contributed by atoms with Crippen LogP contribution in [0, 0.1) is 0 Å². The Balaban J connectivity index is 1.44. The number of aromatic nitrogens is 5. The lowest BCUT2D eigenvalue weighted by molar-refractivity contribution is 0.120. The lowest BCUT2D eigenvalue weighted by Gasteiger charge is -2.10. The molecule has 5 rings (SSSR count). The number of benzene rings is 1. The number of hydrogen-bond acceptors (Lipinski definition) is 6. The van der Waals surface area contributed by atoms with E-state index < -0.39 is 0 Å². The molecule has 1 atom stereocenters. The molecule has 1 saturated heterocycles. The summed E-state index contributed by atoms with van der Waals surface area (Å²) in [5.74, 6) is 0.611. The monoisotopic (exact) mass is 346 g/mol. The molecule has 0 amide bonds. The van der Waals surface area contributed by atoms with Crippen LogP contribution in [0.25, 0.3) is 27.7 Å². The Labute approximate surface area is 150 Å². The van der Waals surface area contributed by atoms with Crippen LogP contribution < -0.4 is 5.32 Å². The van der Waals surface area contributed by atoms with Crippen molar-refractivity contribution >= 4 is 22.5 Å². The van der Waals surface area contributed by atoms with Crippen molar-refractivity contribution in [3.8, 4) is 11.1 Å². The maximum Gasteiger partial charge on any atom is 0.241 e. The van der Waals surface area contributed by atoms with Gasteiger partial charge in [-0.15, -0.1) is 5.10 Å². The van der Waals surface area contributed by atoms with Crippen LogP contribution in [0.15, 0.2) is 49.1 Å². The van der Waals surface area contributed by atoms with Gasteiger partial charge in [0.2, 0.25) is 5.95 Å². The van der Waals surface area contributed by atoms with E-state index in [9.17, 15) is 0 Å². The SMILES string of the molecule is c1cnc2cc(-c3ccn4nc(NCC5CCCO5)ncc34)ccc2n1. The number of anilines is 1. The molecule has 0 saturated carbocycles. The first-order valence-electron chi connectivity index (χ1n) is 8.78. The van der Waals surface area contributed by atoms with Gasteiger partial charge >= 0.3 is 0 Å². The first kappa shape index (κ1) is 15.2. The molecule has 4 aromatic rings. The largest absolute Gasteiger partial charge is 0.376 e. The predicted octanol–water partition coefficient (Wildman–Crippen LogP) is 2.93. The van der Waals surface area contributed by atoms with Gasteiger partial charge in [0, 0.05) is 37.3 Å². The highest BCUT2D eigenvalue weighted by molar-refractivity contribution is 5.86. The highest BCUT2D eigenvalue weighted by atomic mass is 16.5. The minimum absolute atomic E-state index is 0.258. The van der Waals surface area contributed by atoms with Crippen molar-refractivity contribution in [2.75, 3.05) is 18.5 Å². The van der Waals surface area contributed by atoms with E-state index in [-0.39, 0.29) is 6.10 Å². The molecule has 130 valence electrons. The van der Waals surface area contributed by atoms with E-state index >= 15 is 0 Å². The van der Waals surface area contributed by atoms with Crippen molar-refractivity contribution in [3.63, 3.8) is 0 Å². The van der Waals surface area contributed by atoms with Crippen LogP contribution in [0.4, 0.5) is 5.95 Å². The second-order valence-corrected chi connectivity index (χ2v) is 6.42. The molecule has 0 bridgehead atoms. The third kappa shape index (κ3) is 2.76. The summed E-state index contributed by atoms with van der Waals surface area (Å²) in [5, 5.41) is 7.82. The van der Waals surface area contributed by atoms with Gasteiger partial charge in [-0.1, -0.05) is 6.07 Å². The molecule has 0 spiro atoms. The maximum atomic E-state index is 5.62. The van der Waals surface area contributed by atoms with E-state index in [0.717, 1.165) is 53.7 Å². The Morgan fingerprint density at radius 1 is 1.12 bits per heavy atom. The molecule has 4 heterocycles. The molecule has 1 aliphatic heterocycles. The summed E-state index contributed by atoms with van der Waals surface area (Å²) in [4.78, 5) is 13.2. The van der Waals surface area contributed by atoms with Crippen molar-refractivity contribution in [1.29, 1.82) is 0 Å². The summed E-state index contributed by atoms with van der Waals surface area (Å²) in [6.07, 6.45) is 9.68. The highest BCUT2D eigenvalue weighted by Gasteiger charge is 2.15. The number of fused-ring (bicyclic) bond motifs is 2. The predicted molar refractivity (Wildman–Crippen MR) is 99.0 cm³/mol. The van der Waals surface area contributed by atoms with Gasteiger partial charge in [0.1, 0.15) is 0 Å². The van der Waals surface area contributed by atoms with Gasteiger partial charge in [-0.05, 0) is 36.6 Å². The van der Waals surface area contributed by atoms with Crippen molar-refractivity contribution in [1.82, 2.24) is 24.6 Å². The van der Waals surface area contributed by atoms with Gasteiger partial charge in [-0.3, -0.25) is 9.97 Å². The van der Waals surface area contributed by atoms with Gasteiger partial charge in [0.05, 0.1) is 28.9 Å². The molecule has 7 nitrogen and oxygen atoms in total. The lowest BCUT2D eigenvalue weighted by atomic mass is 10.1. The summed E-state index contributed by atoms with van der Waals surface area (Å²) < 4.78 is 7.47. The third-order valence-electron chi connectivity index (χ3n) is 4.71. The van der Waals surface area contributed by atoms with Gasteiger partial charge in [0.25, 0.3) is 0 Å². The Morgan fingerprint density at radius 2 is 2.04 bits per heavy atom. The number of hydrogen-bond donors (Lipinski definition) is 1. The normalized spacial score (nSPS) is 17.2. The molecular formula is C19H18N6O. The zero-order valence-corrected chi connectivity index (χ0v) is 14.2. The van der Waals surface area contributed by atoms with E-state index in [0.29, 0.717) is 5.95 Å². The van der Waals surface area contributed by atoms with Gasteiger partial charge in [-0.2, -0.15) is 0 Å². The van der Waals surface area contributed by atoms with Crippen LogP contribution in [0.5, 0.6) is 0 Å². The molecule has 1 aliphatic rings. The Hall–Kier alpha value is -3.06. The number of rotatable bonds is 4. The van der Waals surface area contributed by atoms with E-state index in [4.69, 9.17) is 4.74 Å². The first-order chi connectivity index (χ1) is 12.9. The van der Waals surface area contributed by atoms with E-state index in [1.165, 1.54) is 0 Å². The van der Waals surface area contributed by atoms with Crippen LogP contribution in [-0.4, -0.2) is 43.8 Å². The minimum Gasteiger partial charge on any atom is -0.376 e. The maximum absolute atomic E-state index is 5.62. The minimum atomic E-state index is 0.258. The third-order valence-corrected chi connectivity index (χ3v) is 4.71. The number of nitrogens with zero attached hydrogens (tertiary/aromatic N) is 5.